The summed E-state index contributed by atoms with van der Waals surface area (Å²) in [7, 11) is 0. The van der Waals surface area contributed by atoms with Crippen LogP contribution in [0, 0.1) is 6.92 Å². The van der Waals surface area contributed by atoms with Crippen molar-refractivity contribution in [1.82, 2.24) is 19.7 Å². The van der Waals surface area contributed by atoms with Crippen LogP contribution in [0.5, 0.6) is 0 Å². The number of hydrogen-bond acceptors (Lipinski definition) is 3. The monoisotopic (exact) mass is 232 g/mol. The third-order valence-corrected chi connectivity index (χ3v) is 1.95. The molecule has 5 nitrogen and oxygen atoms in total. The number of H-pyrrole nitrogens is 1. The molecule has 0 radical (unpaired) electrons. The van der Waals surface area contributed by atoms with E-state index in [1.165, 1.54) is 6.92 Å². The van der Waals surface area contributed by atoms with Crippen molar-refractivity contribution in [1.29, 1.82) is 0 Å². The van der Waals surface area contributed by atoms with Gasteiger partial charge in [0.1, 0.15) is 17.8 Å². The van der Waals surface area contributed by atoms with E-state index in [0.717, 1.165) is 6.20 Å². The Morgan fingerprint density at radius 1 is 1.50 bits per heavy atom. The van der Waals surface area contributed by atoms with E-state index in [0.29, 0.717) is 4.68 Å². The van der Waals surface area contributed by atoms with Gasteiger partial charge in [-0.1, -0.05) is 0 Å². The zero-order valence-corrected chi connectivity index (χ0v) is 8.17. The lowest BCUT2D eigenvalue weighted by atomic mass is 10.4. The van der Waals surface area contributed by atoms with Crippen LogP contribution in [0.3, 0.4) is 0 Å². The molecule has 0 unspecified atom stereocenters. The second-order valence-corrected chi connectivity index (χ2v) is 3.31. The van der Waals surface area contributed by atoms with Gasteiger partial charge in [0.05, 0.1) is 6.20 Å². The van der Waals surface area contributed by atoms with Crippen LogP contribution in [0.4, 0.5) is 13.2 Å². The lowest BCUT2D eigenvalue weighted by molar-refractivity contribution is -0.141. The molecule has 8 heteroatoms. The van der Waals surface area contributed by atoms with Crippen LogP contribution in [0.25, 0.3) is 11.0 Å². The SMILES string of the molecule is Cc1nc2c(cnn2CC(F)(F)F)c(=O)[nH]1. The van der Waals surface area contributed by atoms with E-state index in [1.54, 1.807) is 0 Å². The van der Waals surface area contributed by atoms with Crippen LogP contribution in [0.15, 0.2) is 11.0 Å². The number of rotatable bonds is 1. The summed E-state index contributed by atoms with van der Waals surface area (Å²) < 4.78 is 37.2. The number of nitrogens with one attached hydrogen (secondary N) is 1. The van der Waals surface area contributed by atoms with Crippen molar-refractivity contribution in [2.75, 3.05) is 0 Å². The van der Waals surface area contributed by atoms with Crippen molar-refractivity contribution in [2.45, 2.75) is 19.6 Å². The summed E-state index contributed by atoms with van der Waals surface area (Å²) >= 11 is 0. The Morgan fingerprint density at radius 2 is 2.19 bits per heavy atom. The number of alkyl halides is 3. The zero-order chi connectivity index (χ0) is 11.9. The van der Waals surface area contributed by atoms with E-state index in [4.69, 9.17) is 0 Å². The fourth-order valence-electron chi connectivity index (χ4n) is 1.36. The Labute approximate surface area is 86.9 Å². The summed E-state index contributed by atoms with van der Waals surface area (Å²) in [6.45, 7) is 0.234. The number of aromatic nitrogens is 4. The maximum atomic E-state index is 12.2. The molecule has 0 aliphatic carbocycles. The van der Waals surface area contributed by atoms with E-state index < -0.39 is 18.3 Å². The predicted octanol–water partition coefficient (Wildman–Crippen LogP) is 0.990. The van der Waals surface area contributed by atoms with Gasteiger partial charge in [-0.2, -0.15) is 18.3 Å². The summed E-state index contributed by atoms with van der Waals surface area (Å²) in [6.07, 6.45) is -3.32. The first-order valence-corrected chi connectivity index (χ1v) is 4.36. The first kappa shape index (κ1) is 10.7. The molecule has 0 spiro atoms. The molecule has 2 aromatic heterocycles. The van der Waals surface area contributed by atoms with Crippen molar-refractivity contribution >= 4 is 11.0 Å². The van der Waals surface area contributed by atoms with Gasteiger partial charge in [0, 0.05) is 0 Å². The second-order valence-electron chi connectivity index (χ2n) is 3.31. The van der Waals surface area contributed by atoms with Gasteiger partial charge in [-0.05, 0) is 6.92 Å². The zero-order valence-electron chi connectivity index (χ0n) is 8.17. The Balaban J connectivity index is 2.60. The van der Waals surface area contributed by atoms with Crippen molar-refractivity contribution in [2.24, 2.45) is 0 Å². The molecule has 0 aromatic carbocycles. The summed E-state index contributed by atoms with van der Waals surface area (Å²) in [6, 6.07) is 0. The standard InChI is InChI=1S/C8H7F3N4O/c1-4-13-6-5(7(16)14-4)2-12-15(6)3-8(9,10)11/h2H,3H2,1H3,(H,13,14,16). The van der Waals surface area contributed by atoms with Crippen LogP contribution in [-0.2, 0) is 6.54 Å². The minimum absolute atomic E-state index is 0.0508. The molecule has 0 saturated heterocycles. The number of aryl methyl sites for hydroxylation is 1. The molecule has 2 heterocycles. The van der Waals surface area contributed by atoms with Gasteiger partial charge in [-0.15, -0.1) is 0 Å². The van der Waals surface area contributed by atoms with E-state index in [2.05, 4.69) is 15.1 Å². The molecular weight excluding hydrogens is 225 g/mol. The number of aromatic amines is 1. The van der Waals surface area contributed by atoms with E-state index in [-0.39, 0.29) is 16.9 Å². The predicted molar refractivity (Wildman–Crippen MR) is 48.9 cm³/mol. The molecule has 0 aliphatic heterocycles. The fourth-order valence-corrected chi connectivity index (χ4v) is 1.36. The maximum absolute atomic E-state index is 12.2. The molecule has 0 fully saturated rings. The lowest BCUT2D eigenvalue weighted by Gasteiger charge is -2.06. The third-order valence-electron chi connectivity index (χ3n) is 1.95. The van der Waals surface area contributed by atoms with Gasteiger partial charge in [0.15, 0.2) is 5.65 Å². The van der Waals surface area contributed by atoms with E-state index in [1.807, 2.05) is 0 Å². The largest absolute Gasteiger partial charge is 0.408 e. The smallest absolute Gasteiger partial charge is 0.310 e. The van der Waals surface area contributed by atoms with Crippen LogP contribution in [0.2, 0.25) is 0 Å². The molecule has 0 bridgehead atoms. The Bertz CT molecular complexity index is 583. The lowest BCUT2D eigenvalue weighted by Crippen LogP contribution is -2.19. The van der Waals surface area contributed by atoms with Gasteiger partial charge in [0.25, 0.3) is 5.56 Å². The molecule has 0 amide bonds. The van der Waals surface area contributed by atoms with Crippen molar-refractivity contribution in [3.05, 3.63) is 22.4 Å². The van der Waals surface area contributed by atoms with Gasteiger partial charge in [-0.25, -0.2) is 9.67 Å². The van der Waals surface area contributed by atoms with Crippen LogP contribution >= 0.6 is 0 Å². The molecule has 2 rings (SSSR count). The highest BCUT2D eigenvalue weighted by atomic mass is 19.4. The molecule has 1 N–H and O–H groups in total. The van der Waals surface area contributed by atoms with E-state index in [9.17, 15) is 18.0 Å². The molecule has 86 valence electrons. The normalized spacial score (nSPS) is 12.2. The summed E-state index contributed by atoms with van der Waals surface area (Å²) in [4.78, 5) is 17.6. The highest BCUT2D eigenvalue weighted by molar-refractivity contribution is 5.72. The van der Waals surface area contributed by atoms with Crippen LogP contribution in [0.1, 0.15) is 5.82 Å². The van der Waals surface area contributed by atoms with Crippen molar-refractivity contribution in [3.8, 4) is 0 Å². The second kappa shape index (κ2) is 3.32. The van der Waals surface area contributed by atoms with Crippen LogP contribution < -0.4 is 5.56 Å². The molecule has 2 aromatic rings. The van der Waals surface area contributed by atoms with Gasteiger partial charge in [0.2, 0.25) is 0 Å². The van der Waals surface area contributed by atoms with Gasteiger partial charge < -0.3 is 4.98 Å². The Morgan fingerprint density at radius 3 is 2.81 bits per heavy atom. The van der Waals surface area contributed by atoms with E-state index >= 15 is 0 Å². The highest BCUT2D eigenvalue weighted by Gasteiger charge is 2.29. The minimum atomic E-state index is -4.39. The minimum Gasteiger partial charge on any atom is -0.310 e. The summed E-state index contributed by atoms with van der Waals surface area (Å²) in [5.41, 5.74) is -0.547. The quantitative estimate of drug-likeness (QED) is 0.797. The number of nitrogens with zero attached hydrogens (tertiary/aromatic N) is 3. The molecule has 0 atom stereocenters. The number of hydrogen-bond donors (Lipinski definition) is 1. The molecular formula is C8H7F3N4O. The first-order chi connectivity index (χ1) is 7.37. The summed E-state index contributed by atoms with van der Waals surface area (Å²) in [5.74, 6) is 0.251. The number of halogens is 3. The molecule has 16 heavy (non-hydrogen) atoms. The highest BCUT2D eigenvalue weighted by Crippen LogP contribution is 2.18. The van der Waals surface area contributed by atoms with Crippen LogP contribution in [-0.4, -0.2) is 25.9 Å². The number of fused-ring (bicyclic) bond motifs is 1. The Kier molecular flexibility index (Phi) is 2.21. The van der Waals surface area contributed by atoms with Gasteiger partial charge >= 0.3 is 6.18 Å². The van der Waals surface area contributed by atoms with Crippen molar-refractivity contribution in [3.63, 3.8) is 0 Å². The maximum Gasteiger partial charge on any atom is 0.408 e. The fraction of sp³-hybridized carbons (Fsp3) is 0.375. The average molecular weight is 232 g/mol. The molecule has 0 saturated carbocycles. The Hall–Kier alpha value is -1.86. The average Bonchev–Trinajstić information content (AvgIpc) is 2.46. The third kappa shape index (κ3) is 1.90. The molecule has 0 aliphatic rings. The summed E-state index contributed by atoms with van der Waals surface area (Å²) in [5, 5.41) is 3.55. The topological polar surface area (TPSA) is 63.6 Å². The van der Waals surface area contributed by atoms with Crippen molar-refractivity contribution < 1.29 is 13.2 Å². The van der Waals surface area contributed by atoms with Gasteiger partial charge in [-0.3, -0.25) is 4.79 Å². The first-order valence-electron chi connectivity index (χ1n) is 4.36.